The fourth-order valence-corrected chi connectivity index (χ4v) is 3.57. The number of anilines is 2. The van der Waals surface area contributed by atoms with E-state index in [4.69, 9.17) is 0 Å². The maximum Gasteiger partial charge on any atom is 0.237 e. The Morgan fingerprint density at radius 2 is 1.92 bits per heavy atom. The standard InChI is InChI=1S/C15H18F2N4OS2/c1-8(2)7-18-14-20-21-15(24-14)23-9(3)13(22)19-12-10(16)5-4-6-11(12)17/h4-6,8-9H,7H2,1-3H3,(H,18,20)(H,19,22)/t9-/m0/s1. The summed E-state index contributed by atoms with van der Waals surface area (Å²) in [5.74, 6) is -1.64. The number of carbonyl (C=O) groups excluding carboxylic acids is 1. The molecular weight excluding hydrogens is 354 g/mol. The molecule has 9 heteroatoms. The largest absolute Gasteiger partial charge is 0.360 e. The van der Waals surface area contributed by atoms with Crippen LogP contribution in [-0.2, 0) is 4.79 Å². The molecule has 0 aliphatic carbocycles. The molecule has 0 saturated carbocycles. The first-order chi connectivity index (χ1) is 11.4. The number of nitrogens with one attached hydrogen (secondary N) is 2. The first kappa shape index (κ1) is 18.6. The molecule has 1 amide bonds. The zero-order chi connectivity index (χ0) is 17.7. The molecule has 2 aromatic rings. The number of benzene rings is 1. The third-order valence-electron chi connectivity index (χ3n) is 2.93. The van der Waals surface area contributed by atoms with Gasteiger partial charge < -0.3 is 10.6 Å². The van der Waals surface area contributed by atoms with Crippen molar-refractivity contribution in [3.63, 3.8) is 0 Å². The van der Waals surface area contributed by atoms with Crippen molar-refractivity contribution >= 4 is 39.8 Å². The Balaban J connectivity index is 1.94. The lowest BCUT2D eigenvalue weighted by atomic mass is 10.2. The number of nitrogens with zero attached hydrogens (tertiary/aromatic N) is 2. The van der Waals surface area contributed by atoms with E-state index in [0.717, 1.165) is 18.7 Å². The maximum atomic E-state index is 13.6. The highest BCUT2D eigenvalue weighted by molar-refractivity contribution is 8.02. The second kappa shape index (κ2) is 8.39. The van der Waals surface area contributed by atoms with E-state index in [0.29, 0.717) is 15.4 Å². The van der Waals surface area contributed by atoms with Gasteiger partial charge in [0.05, 0.1) is 5.25 Å². The van der Waals surface area contributed by atoms with Crippen molar-refractivity contribution in [3.8, 4) is 0 Å². The van der Waals surface area contributed by atoms with Crippen molar-refractivity contribution in [3.05, 3.63) is 29.8 Å². The molecule has 2 N–H and O–H groups in total. The lowest BCUT2D eigenvalue weighted by Gasteiger charge is -2.11. The fraction of sp³-hybridized carbons (Fsp3) is 0.400. The van der Waals surface area contributed by atoms with Crippen LogP contribution >= 0.6 is 23.1 Å². The Morgan fingerprint density at radius 1 is 1.25 bits per heavy atom. The first-order valence-electron chi connectivity index (χ1n) is 7.35. The average Bonchev–Trinajstić information content (AvgIpc) is 2.96. The van der Waals surface area contributed by atoms with Gasteiger partial charge >= 0.3 is 0 Å². The smallest absolute Gasteiger partial charge is 0.237 e. The Morgan fingerprint density at radius 3 is 2.54 bits per heavy atom. The number of rotatable bonds is 7. The van der Waals surface area contributed by atoms with Crippen LogP contribution in [0.1, 0.15) is 20.8 Å². The minimum atomic E-state index is -0.809. The van der Waals surface area contributed by atoms with Gasteiger partial charge in [-0.3, -0.25) is 4.79 Å². The van der Waals surface area contributed by atoms with Gasteiger partial charge in [-0.1, -0.05) is 43.0 Å². The maximum absolute atomic E-state index is 13.6. The highest BCUT2D eigenvalue weighted by Crippen LogP contribution is 2.30. The summed E-state index contributed by atoms with van der Waals surface area (Å²) in [5.41, 5.74) is -0.438. The molecule has 1 aromatic carbocycles. The highest BCUT2D eigenvalue weighted by atomic mass is 32.2. The highest BCUT2D eigenvalue weighted by Gasteiger charge is 2.20. The van der Waals surface area contributed by atoms with Gasteiger partial charge in [-0.2, -0.15) is 0 Å². The summed E-state index contributed by atoms with van der Waals surface area (Å²) in [7, 11) is 0. The molecule has 0 radical (unpaired) electrons. The molecule has 0 fully saturated rings. The molecule has 24 heavy (non-hydrogen) atoms. The zero-order valence-corrected chi connectivity index (χ0v) is 15.1. The monoisotopic (exact) mass is 372 g/mol. The zero-order valence-electron chi connectivity index (χ0n) is 13.5. The summed E-state index contributed by atoms with van der Waals surface area (Å²) in [6.07, 6.45) is 0. The summed E-state index contributed by atoms with van der Waals surface area (Å²) < 4.78 is 27.7. The van der Waals surface area contributed by atoms with Crippen molar-refractivity contribution < 1.29 is 13.6 Å². The quantitative estimate of drug-likeness (QED) is 0.719. The van der Waals surface area contributed by atoms with E-state index in [9.17, 15) is 13.6 Å². The molecule has 130 valence electrons. The van der Waals surface area contributed by atoms with Gasteiger partial charge in [0.1, 0.15) is 17.3 Å². The van der Waals surface area contributed by atoms with Crippen molar-refractivity contribution in [1.82, 2.24) is 10.2 Å². The molecule has 1 aromatic heterocycles. The van der Waals surface area contributed by atoms with Crippen LogP contribution in [-0.4, -0.2) is 27.9 Å². The molecule has 2 rings (SSSR count). The second-order valence-electron chi connectivity index (χ2n) is 5.49. The molecule has 0 unspecified atom stereocenters. The molecule has 1 heterocycles. The Bertz CT molecular complexity index is 688. The lowest BCUT2D eigenvalue weighted by molar-refractivity contribution is -0.115. The van der Waals surface area contributed by atoms with Crippen LogP contribution in [0.5, 0.6) is 0 Å². The number of aromatic nitrogens is 2. The van der Waals surface area contributed by atoms with E-state index < -0.39 is 28.5 Å². The Hall–Kier alpha value is -1.74. The normalized spacial score (nSPS) is 12.2. The van der Waals surface area contributed by atoms with E-state index >= 15 is 0 Å². The van der Waals surface area contributed by atoms with Crippen LogP contribution in [0, 0.1) is 17.6 Å². The minimum absolute atomic E-state index is 0.438. The van der Waals surface area contributed by atoms with Crippen molar-refractivity contribution in [1.29, 1.82) is 0 Å². The van der Waals surface area contributed by atoms with Gasteiger partial charge in [-0.15, -0.1) is 10.2 Å². The van der Waals surface area contributed by atoms with Crippen molar-refractivity contribution in [2.24, 2.45) is 5.92 Å². The first-order valence-corrected chi connectivity index (χ1v) is 9.05. The van der Waals surface area contributed by atoms with Crippen molar-refractivity contribution in [2.45, 2.75) is 30.4 Å². The second-order valence-corrected chi connectivity index (χ2v) is 8.06. The van der Waals surface area contributed by atoms with Crippen LogP contribution in [0.2, 0.25) is 0 Å². The average molecular weight is 372 g/mol. The van der Waals surface area contributed by atoms with Crippen molar-refractivity contribution in [2.75, 3.05) is 17.2 Å². The fourth-order valence-electron chi connectivity index (χ4n) is 1.67. The number of hydrogen-bond acceptors (Lipinski definition) is 6. The summed E-state index contributed by atoms with van der Waals surface area (Å²) in [4.78, 5) is 12.1. The molecule has 0 spiro atoms. The van der Waals surface area contributed by atoms with E-state index in [-0.39, 0.29) is 0 Å². The SMILES string of the molecule is CC(C)CNc1nnc(S[C@@H](C)C(=O)Nc2c(F)cccc2F)s1. The minimum Gasteiger partial charge on any atom is -0.360 e. The number of hydrogen-bond donors (Lipinski definition) is 2. The molecule has 0 aliphatic rings. The predicted octanol–water partition coefficient (Wildman–Crippen LogP) is 4.00. The predicted molar refractivity (Wildman–Crippen MR) is 93.5 cm³/mol. The Labute approximate surface area is 147 Å². The van der Waals surface area contributed by atoms with Crippen LogP contribution in [0.15, 0.2) is 22.5 Å². The van der Waals surface area contributed by atoms with Gasteiger partial charge in [-0.25, -0.2) is 8.78 Å². The number of para-hydroxylation sites is 1. The van der Waals surface area contributed by atoms with Crippen LogP contribution in [0.4, 0.5) is 19.6 Å². The van der Waals surface area contributed by atoms with E-state index in [2.05, 4.69) is 34.7 Å². The van der Waals surface area contributed by atoms with E-state index in [1.54, 1.807) is 6.92 Å². The number of thioether (sulfide) groups is 1. The number of amides is 1. The number of carbonyl (C=O) groups is 1. The Kier molecular flexibility index (Phi) is 6.50. The van der Waals surface area contributed by atoms with E-state index in [1.807, 2.05) is 0 Å². The van der Waals surface area contributed by atoms with Gasteiger partial charge in [-0.05, 0) is 25.0 Å². The van der Waals surface area contributed by atoms with Gasteiger partial charge in [0, 0.05) is 6.54 Å². The summed E-state index contributed by atoms with van der Waals surface area (Å²) in [6, 6.07) is 3.42. The third-order valence-corrected chi connectivity index (χ3v) is 4.99. The summed E-state index contributed by atoms with van der Waals surface area (Å²) >= 11 is 2.52. The molecule has 0 saturated heterocycles. The molecule has 1 atom stereocenters. The topological polar surface area (TPSA) is 66.9 Å². The summed E-state index contributed by atoms with van der Waals surface area (Å²) in [6.45, 7) is 6.58. The molecular formula is C15H18F2N4OS2. The number of halogens is 2. The van der Waals surface area contributed by atoms with Gasteiger partial charge in [0.25, 0.3) is 0 Å². The van der Waals surface area contributed by atoms with Crippen LogP contribution < -0.4 is 10.6 Å². The summed E-state index contributed by atoms with van der Waals surface area (Å²) in [5, 5.41) is 13.5. The van der Waals surface area contributed by atoms with Crippen LogP contribution in [0.3, 0.4) is 0 Å². The van der Waals surface area contributed by atoms with Gasteiger partial charge in [0.2, 0.25) is 11.0 Å². The van der Waals surface area contributed by atoms with Gasteiger partial charge in [0.15, 0.2) is 4.34 Å². The molecule has 0 bridgehead atoms. The molecule has 0 aliphatic heterocycles. The molecule has 5 nitrogen and oxygen atoms in total. The third kappa shape index (κ3) is 5.13. The van der Waals surface area contributed by atoms with E-state index in [1.165, 1.54) is 29.2 Å². The van der Waals surface area contributed by atoms with Crippen LogP contribution in [0.25, 0.3) is 0 Å². The lowest BCUT2D eigenvalue weighted by Crippen LogP contribution is -2.23.